The molecule has 0 aliphatic rings. The summed E-state index contributed by atoms with van der Waals surface area (Å²) in [6.45, 7) is 5.48. The van der Waals surface area contributed by atoms with Gasteiger partial charge < -0.3 is 5.32 Å². The molecule has 1 aromatic rings. The Balaban J connectivity index is 1.93. The van der Waals surface area contributed by atoms with Gasteiger partial charge in [-0.1, -0.05) is 70.8 Å². The third kappa shape index (κ3) is 9.18. The van der Waals surface area contributed by atoms with Crippen molar-refractivity contribution < 1.29 is 0 Å². The number of hydrogen-bond acceptors (Lipinski definition) is 1. The van der Waals surface area contributed by atoms with Gasteiger partial charge in [-0.2, -0.15) is 0 Å². The highest BCUT2D eigenvalue weighted by atomic mass is 79.9. The van der Waals surface area contributed by atoms with Crippen molar-refractivity contribution in [3.8, 4) is 0 Å². The summed E-state index contributed by atoms with van der Waals surface area (Å²) in [5.74, 6) is 0. The minimum Gasteiger partial charge on any atom is -0.384 e. The van der Waals surface area contributed by atoms with Gasteiger partial charge in [0.05, 0.1) is 0 Å². The van der Waals surface area contributed by atoms with Gasteiger partial charge in [-0.15, -0.1) is 0 Å². The lowest BCUT2D eigenvalue weighted by Gasteiger charge is -2.09. The van der Waals surface area contributed by atoms with Crippen LogP contribution in [0.15, 0.2) is 22.7 Å². The van der Waals surface area contributed by atoms with Crippen molar-refractivity contribution >= 4 is 21.6 Å². The average Bonchev–Trinajstić information content (AvgIpc) is 2.46. The Hall–Kier alpha value is -0.500. The van der Waals surface area contributed by atoms with Crippen LogP contribution in [0.4, 0.5) is 5.69 Å². The van der Waals surface area contributed by atoms with Crippen LogP contribution in [0.3, 0.4) is 0 Å². The number of aryl methyl sites for hydroxylation is 1. The molecule has 0 saturated carbocycles. The lowest BCUT2D eigenvalue weighted by Crippen LogP contribution is -2.02. The predicted molar refractivity (Wildman–Crippen MR) is 99.2 cm³/mol. The Bertz CT molecular complexity index is 376. The molecule has 0 aliphatic carbocycles. The van der Waals surface area contributed by atoms with Crippen LogP contribution in [0.1, 0.15) is 76.7 Å². The highest BCUT2D eigenvalue weighted by Crippen LogP contribution is 2.23. The first-order valence-corrected chi connectivity index (χ1v) is 9.53. The maximum Gasteiger partial charge on any atom is 0.0484 e. The van der Waals surface area contributed by atoms with Gasteiger partial charge >= 0.3 is 0 Å². The second-order valence-corrected chi connectivity index (χ2v) is 6.95. The molecule has 0 atom stereocenters. The zero-order valence-electron chi connectivity index (χ0n) is 13.9. The van der Waals surface area contributed by atoms with E-state index >= 15 is 0 Å². The number of rotatable bonds is 12. The summed E-state index contributed by atoms with van der Waals surface area (Å²) in [6.07, 6.45) is 14.0. The standard InChI is InChI=1S/C19H32BrN/c1-3-4-5-6-7-8-9-10-11-12-15-21-19-14-13-17(2)16-18(19)20/h13-14,16,21H,3-12,15H2,1-2H3. The lowest BCUT2D eigenvalue weighted by molar-refractivity contribution is 0.560. The molecular weight excluding hydrogens is 322 g/mol. The van der Waals surface area contributed by atoms with E-state index in [0.29, 0.717) is 0 Å². The minimum atomic E-state index is 1.08. The van der Waals surface area contributed by atoms with Crippen molar-refractivity contribution in [2.45, 2.75) is 78.1 Å². The topological polar surface area (TPSA) is 12.0 Å². The molecule has 0 aromatic heterocycles. The Kier molecular flexibility index (Phi) is 10.7. The Morgan fingerprint density at radius 3 is 2.00 bits per heavy atom. The van der Waals surface area contributed by atoms with E-state index < -0.39 is 0 Å². The largest absolute Gasteiger partial charge is 0.384 e. The number of benzene rings is 1. The second kappa shape index (κ2) is 12.1. The maximum atomic E-state index is 3.61. The fourth-order valence-electron chi connectivity index (χ4n) is 2.60. The molecule has 0 fully saturated rings. The van der Waals surface area contributed by atoms with E-state index in [4.69, 9.17) is 0 Å². The van der Waals surface area contributed by atoms with Crippen molar-refractivity contribution in [3.63, 3.8) is 0 Å². The third-order valence-electron chi connectivity index (χ3n) is 3.97. The first kappa shape index (κ1) is 18.5. The van der Waals surface area contributed by atoms with E-state index in [1.54, 1.807) is 0 Å². The van der Waals surface area contributed by atoms with Crippen molar-refractivity contribution in [2.75, 3.05) is 11.9 Å². The number of unbranched alkanes of at least 4 members (excludes halogenated alkanes) is 9. The van der Waals surface area contributed by atoms with E-state index in [2.05, 4.69) is 53.3 Å². The normalized spacial score (nSPS) is 10.8. The van der Waals surface area contributed by atoms with Crippen LogP contribution >= 0.6 is 15.9 Å². The van der Waals surface area contributed by atoms with E-state index in [1.165, 1.54) is 79.9 Å². The molecule has 1 nitrogen and oxygen atoms in total. The zero-order chi connectivity index (χ0) is 15.3. The molecule has 2 heteroatoms. The molecule has 0 bridgehead atoms. The highest BCUT2D eigenvalue weighted by molar-refractivity contribution is 9.10. The van der Waals surface area contributed by atoms with Gasteiger partial charge in [-0.05, 0) is 47.0 Å². The summed E-state index contributed by atoms with van der Waals surface area (Å²) < 4.78 is 1.18. The third-order valence-corrected chi connectivity index (χ3v) is 4.63. The Morgan fingerprint density at radius 1 is 0.857 bits per heavy atom. The van der Waals surface area contributed by atoms with Crippen LogP contribution in [-0.2, 0) is 0 Å². The van der Waals surface area contributed by atoms with Crippen LogP contribution in [0, 0.1) is 6.92 Å². The summed E-state index contributed by atoms with van der Waals surface area (Å²) in [7, 11) is 0. The summed E-state index contributed by atoms with van der Waals surface area (Å²) in [6, 6.07) is 6.49. The monoisotopic (exact) mass is 353 g/mol. The Morgan fingerprint density at radius 2 is 1.43 bits per heavy atom. The molecule has 1 rings (SSSR count). The van der Waals surface area contributed by atoms with Crippen LogP contribution in [0.2, 0.25) is 0 Å². The van der Waals surface area contributed by atoms with Gasteiger partial charge in [0.15, 0.2) is 0 Å². The van der Waals surface area contributed by atoms with Gasteiger partial charge in [-0.3, -0.25) is 0 Å². The van der Waals surface area contributed by atoms with E-state index in [9.17, 15) is 0 Å². The minimum absolute atomic E-state index is 1.08. The van der Waals surface area contributed by atoms with Crippen LogP contribution in [0.25, 0.3) is 0 Å². The summed E-state index contributed by atoms with van der Waals surface area (Å²) >= 11 is 3.61. The molecule has 0 saturated heterocycles. The van der Waals surface area contributed by atoms with Crippen molar-refractivity contribution in [2.24, 2.45) is 0 Å². The molecule has 1 N–H and O–H groups in total. The summed E-state index contributed by atoms with van der Waals surface area (Å²) in [5, 5.41) is 3.52. The molecule has 0 radical (unpaired) electrons. The van der Waals surface area contributed by atoms with Crippen molar-refractivity contribution in [1.29, 1.82) is 0 Å². The molecule has 1 aromatic carbocycles. The van der Waals surface area contributed by atoms with Crippen LogP contribution in [-0.4, -0.2) is 6.54 Å². The smallest absolute Gasteiger partial charge is 0.0484 e. The summed E-state index contributed by atoms with van der Waals surface area (Å²) in [4.78, 5) is 0. The first-order chi connectivity index (χ1) is 10.2. The maximum absolute atomic E-state index is 3.61. The van der Waals surface area contributed by atoms with Crippen molar-refractivity contribution in [3.05, 3.63) is 28.2 Å². The molecule has 21 heavy (non-hydrogen) atoms. The van der Waals surface area contributed by atoms with Gasteiger partial charge in [0, 0.05) is 16.7 Å². The first-order valence-electron chi connectivity index (χ1n) is 8.74. The number of hydrogen-bond donors (Lipinski definition) is 1. The Labute approximate surface area is 140 Å². The van der Waals surface area contributed by atoms with Crippen LogP contribution in [0.5, 0.6) is 0 Å². The zero-order valence-corrected chi connectivity index (χ0v) is 15.5. The van der Waals surface area contributed by atoms with E-state index in [1.807, 2.05) is 0 Å². The number of halogens is 1. The quantitative estimate of drug-likeness (QED) is 0.395. The molecule has 0 heterocycles. The summed E-state index contributed by atoms with van der Waals surface area (Å²) in [5.41, 5.74) is 2.52. The van der Waals surface area contributed by atoms with Gasteiger partial charge in [0.25, 0.3) is 0 Å². The fraction of sp³-hybridized carbons (Fsp3) is 0.684. The number of anilines is 1. The predicted octanol–water partition coefficient (Wildman–Crippen LogP) is 7.09. The average molecular weight is 354 g/mol. The van der Waals surface area contributed by atoms with Gasteiger partial charge in [0.2, 0.25) is 0 Å². The van der Waals surface area contributed by atoms with E-state index in [-0.39, 0.29) is 0 Å². The lowest BCUT2D eigenvalue weighted by atomic mass is 10.1. The highest BCUT2D eigenvalue weighted by Gasteiger charge is 1.98. The number of nitrogens with one attached hydrogen (secondary N) is 1. The second-order valence-electron chi connectivity index (χ2n) is 6.09. The SMILES string of the molecule is CCCCCCCCCCCCNc1ccc(C)cc1Br. The van der Waals surface area contributed by atoms with E-state index in [0.717, 1.165) is 6.54 Å². The fourth-order valence-corrected chi connectivity index (χ4v) is 3.23. The molecule has 0 spiro atoms. The van der Waals surface area contributed by atoms with Crippen LogP contribution < -0.4 is 5.32 Å². The molecule has 0 amide bonds. The molecule has 0 unspecified atom stereocenters. The van der Waals surface area contributed by atoms with Gasteiger partial charge in [-0.25, -0.2) is 0 Å². The molecule has 0 aliphatic heterocycles. The van der Waals surface area contributed by atoms with Crippen molar-refractivity contribution in [1.82, 2.24) is 0 Å². The molecular formula is C19H32BrN. The van der Waals surface area contributed by atoms with Gasteiger partial charge in [0.1, 0.15) is 0 Å². The molecule has 120 valence electrons.